The van der Waals surface area contributed by atoms with Crippen LogP contribution in [0.3, 0.4) is 0 Å². The van der Waals surface area contributed by atoms with E-state index in [-0.39, 0.29) is 13.2 Å². The molecule has 1 heterocycles. The molecular formula is C18H16FNO5. The normalized spacial score (nSPS) is 13.3. The lowest BCUT2D eigenvalue weighted by atomic mass is 10.1. The summed E-state index contributed by atoms with van der Waals surface area (Å²) in [4.78, 5) is 23.6. The van der Waals surface area contributed by atoms with Crippen molar-refractivity contribution in [1.29, 1.82) is 0 Å². The first kappa shape index (κ1) is 16.8. The molecule has 25 heavy (non-hydrogen) atoms. The van der Waals surface area contributed by atoms with Gasteiger partial charge in [0.25, 0.3) is 5.91 Å². The monoisotopic (exact) mass is 345 g/mol. The highest BCUT2D eigenvalue weighted by Crippen LogP contribution is 2.32. The van der Waals surface area contributed by atoms with Crippen molar-refractivity contribution in [2.45, 2.75) is 18.9 Å². The third-order valence-electron chi connectivity index (χ3n) is 3.74. The lowest BCUT2D eigenvalue weighted by Gasteiger charge is -2.15. The molecule has 0 radical (unpaired) electrons. The van der Waals surface area contributed by atoms with Gasteiger partial charge in [-0.15, -0.1) is 0 Å². The van der Waals surface area contributed by atoms with E-state index >= 15 is 0 Å². The van der Waals surface area contributed by atoms with E-state index in [1.54, 1.807) is 12.1 Å². The van der Waals surface area contributed by atoms with E-state index in [1.165, 1.54) is 24.3 Å². The number of hydrogen-bond acceptors (Lipinski definition) is 5. The highest BCUT2D eigenvalue weighted by molar-refractivity contribution is 5.83. The molecule has 0 fully saturated rings. The molecule has 0 saturated heterocycles. The summed E-state index contributed by atoms with van der Waals surface area (Å²) in [5, 5.41) is 0. The SMILES string of the molecule is NC(=O)C(OC(=O)CCc1ccc2c(c1)OCO2)c1ccc(F)cc1. The average Bonchev–Trinajstić information content (AvgIpc) is 3.06. The second-order valence-corrected chi connectivity index (χ2v) is 5.51. The summed E-state index contributed by atoms with van der Waals surface area (Å²) in [5.41, 5.74) is 6.48. The molecule has 1 unspecified atom stereocenters. The molecule has 0 spiro atoms. The molecule has 7 heteroatoms. The summed E-state index contributed by atoms with van der Waals surface area (Å²) in [6.07, 6.45) is -0.778. The molecule has 130 valence electrons. The molecule has 2 aromatic carbocycles. The van der Waals surface area contributed by atoms with Crippen LogP contribution < -0.4 is 15.2 Å². The maximum Gasteiger partial charge on any atom is 0.307 e. The zero-order valence-electron chi connectivity index (χ0n) is 13.2. The first-order valence-corrected chi connectivity index (χ1v) is 7.66. The van der Waals surface area contributed by atoms with Crippen LogP contribution in [0.1, 0.15) is 23.7 Å². The van der Waals surface area contributed by atoms with Gasteiger partial charge in [0.05, 0.1) is 0 Å². The van der Waals surface area contributed by atoms with Crippen molar-refractivity contribution < 1.29 is 28.2 Å². The number of carbonyl (C=O) groups is 2. The smallest absolute Gasteiger partial charge is 0.307 e. The fourth-order valence-corrected chi connectivity index (χ4v) is 2.46. The molecule has 0 aromatic heterocycles. The Morgan fingerprint density at radius 1 is 1.12 bits per heavy atom. The molecule has 2 N–H and O–H groups in total. The first-order valence-electron chi connectivity index (χ1n) is 7.66. The number of halogens is 1. The Kier molecular flexibility index (Phi) is 4.83. The van der Waals surface area contributed by atoms with Gasteiger partial charge in [-0.1, -0.05) is 18.2 Å². The molecule has 1 atom stereocenters. The first-order chi connectivity index (χ1) is 12.0. The third-order valence-corrected chi connectivity index (χ3v) is 3.74. The number of aryl methyl sites for hydroxylation is 1. The number of primary amides is 1. The Morgan fingerprint density at radius 3 is 2.56 bits per heavy atom. The Labute approximate surface area is 143 Å². The molecule has 2 aromatic rings. The maximum absolute atomic E-state index is 13.0. The van der Waals surface area contributed by atoms with Crippen molar-refractivity contribution >= 4 is 11.9 Å². The van der Waals surface area contributed by atoms with E-state index in [1.807, 2.05) is 6.07 Å². The van der Waals surface area contributed by atoms with Gasteiger partial charge in [0.2, 0.25) is 12.9 Å². The number of benzene rings is 2. The van der Waals surface area contributed by atoms with Crippen LogP contribution in [-0.4, -0.2) is 18.7 Å². The van der Waals surface area contributed by atoms with E-state index < -0.39 is 23.8 Å². The second-order valence-electron chi connectivity index (χ2n) is 5.51. The number of fused-ring (bicyclic) bond motifs is 1. The molecule has 1 amide bonds. The number of hydrogen-bond donors (Lipinski definition) is 1. The zero-order valence-corrected chi connectivity index (χ0v) is 13.2. The maximum atomic E-state index is 13.0. The highest BCUT2D eigenvalue weighted by Gasteiger charge is 2.22. The Morgan fingerprint density at radius 2 is 1.84 bits per heavy atom. The van der Waals surface area contributed by atoms with E-state index in [2.05, 4.69) is 0 Å². The van der Waals surface area contributed by atoms with Gasteiger partial charge in [-0.05, 0) is 36.2 Å². The quantitative estimate of drug-likeness (QED) is 0.812. The molecule has 0 aliphatic carbocycles. The minimum Gasteiger partial charge on any atom is -0.454 e. The van der Waals surface area contributed by atoms with Crippen LogP contribution in [0.25, 0.3) is 0 Å². The number of rotatable bonds is 6. The molecule has 0 bridgehead atoms. The van der Waals surface area contributed by atoms with E-state index in [4.69, 9.17) is 19.9 Å². The van der Waals surface area contributed by atoms with Crippen LogP contribution in [-0.2, 0) is 20.7 Å². The van der Waals surface area contributed by atoms with Crippen molar-refractivity contribution in [3.63, 3.8) is 0 Å². The summed E-state index contributed by atoms with van der Waals surface area (Å²) < 4.78 is 28.6. The predicted octanol–water partition coefficient (Wildman–Crippen LogP) is 2.26. The summed E-state index contributed by atoms with van der Waals surface area (Å²) >= 11 is 0. The summed E-state index contributed by atoms with van der Waals surface area (Å²) in [5.74, 6) is -0.557. The van der Waals surface area contributed by atoms with Crippen molar-refractivity contribution in [2.24, 2.45) is 5.73 Å². The minimum absolute atomic E-state index is 0.0601. The van der Waals surface area contributed by atoms with Gasteiger partial charge < -0.3 is 19.9 Å². The van der Waals surface area contributed by atoms with Crippen LogP contribution in [0.5, 0.6) is 11.5 Å². The van der Waals surface area contributed by atoms with Gasteiger partial charge in [0.15, 0.2) is 11.5 Å². The van der Waals surface area contributed by atoms with Gasteiger partial charge in [-0.25, -0.2) is 4.39 Å². The second kappa shape index (κ2) is 7.21. The van der Waals surface area contributed by atoms with Gasteiger partial charge in [-0.2, -0.15) is 0 Å². The Bertz CT molecular complexity index is 791. The highest BCUT2D eigenvalue weighted by atomic mass is 19.1. The van der Waals surface area contributed by atoms with Crippen molar-refractivity contribution in [2.75, 3.05) is 6.79 Å². The number of nitrogens with two attached hydrogens (primary N) is 1. The summed E-state index contributed by atoms with van der Waals surface area (Å²) in [6, 6.07) is 10.4. The molecule has 0 saturated carbocycles. The van der Waals surface area contributed by atoms with Crippen LogP contribution >= 0.6 is 0 Å². The van der Waals surface area contributed by atoms with Crippen molar-refractivity contribution in [3.05, 3.63) is 59.4 Å². The molecule has 1 aliphatic heterocycles. The van der Waals surface area contributed by atoms with Gasteiger partial charge >= 0.3 is 5.97 Å². The van der Waals surface area contributed by atoms with Crippen LogP contribution in [0.4, 0.5) is 4.39 Å². The van der Waals surface area contributed by atoms with Gasteiger partial charge in [-0.3, -0.25) is 9.59 Å². The largest absolute Gasteiger partial charge is 0.454 e. The van der Waals surface area contributed by atoms with E-state index in [9.17, 15) is 14.0 Å². The average molecular weight is 345 g/mol. The third kappa shape index (κ3) is 4.06. The standard InChI is InChI=1S/C18H16FNO5/c19-13-5-3-12(4-6-13)17(18(20)22)25-16(21)8-2-11-1-7-14-15(9-11)24-10-23-14/h1,3-7,9,17H,2,8,10H2,(H2,20,22). The summed E-state index contributed by atoms with van der Waals surface area (Å²) in [7, 11) is 0. The van der Waals surface area contributed by atoms with E-state index in [0.717, 1.165) is 5.56 Å². The van der Waals surface area contributed by atoms with Crippen molar-refractivity contribution in [3.8, 4) is 11.5 Å². The summed E-state index contributed by atoms with van der Waals surface area (Å²) in [6.45, 7) is 0.179. The number of amides is 1. The van der Waals surface area contributed by atoms with Crippen LogP contribution in [0, 0.1) is 5.82 Å². The van der Waals surface area contributed by atoms with Gasteiger partial charge in [0, 0.05) is 12.0 Å². The molecular weight excluding hydrogens is 329 g/mol. The number of ether oxygens (including phenoxy) is 3. The fourth-order valence-electron chi connectivity index (χ4n) is 2.46. The van der Waals surface area contributed by atoms with Gasteiger partial charge in [0.1, 0.15) is 5.82 Å². The topological polar surface area (TPSA) is 87.9 Å². The molecule has 6 nitrogen and oxygen atoms in total. The Balaban J connectivity index is 1.60. The number of carbonyl (C=O) groups excluding carboxylic acids is 2. The predicted molar refractivity (Wildman–Crippen MR) is 85.3 cm³/mol. The van der Waals surface area contributed by atoms with Crippen molar-refractivity contribution in [1.82, 2.24) is 0 Å². The van der Waals surface area contributed by atoms with Crippen LogP contribution in [0.15, 0.2) is 42.5 Å². The van der Waals surface area contributed by atoms with E-state index in [0.29, 0.717) is 23.5 Å². The lowest BCUT2D eigenvalue weighted by molar-refractivity contribution is -0.155. The number of esters is 1. The fraction of sp³-hybridized carbons (Fsp3) is 0.222. The zero-order chi connectivity index (χ0) is 17.8. The molecule has 3 rings (SSSR count). The van der Waals surface area contributed by atoms with Crippen LogP contribution in [0.2, 0.25) is 0 Å². The molecule has 1 aliphatic rings. The Hall–Kier alpha value is -3.09. The lowest BCUT2D eigenvalue weighted by Crippen LogP contribution is -2.26. The minimum atomic E-state index is -1.25.